The van der Waals surface area contributed by atoms with Gasteiger partial charge in [-0.2, -0.15) is 13.2 Å². The van der Waals surface area contributed by atoms with E-state index in [-0.39, 0.29) is 6.54 Å². The van der Waals surface area contributed by atoms with Gasteiger partial charge in [0, 0.05) is 26.6 Å². The predicted octanol–water partition coefficient (Wildman–Crippen LogP) is 1.62. The molecule has 124 valence electrons. The smallest absolute Gasteiger partial charge is 0.356 e. The fourth-order valence-corrected chi connectivity index (χ4v) is 2.38. The number of alkyl halides is 3. The second-order valence-electron chi connectivity index (χ2n) is 5.21. The first kappa shape index (κ1) is 16.6. The van der Waals surface area contributed by atoms with Crippen molar-refractivity contribution in [3.8, 4) is 0 Å². The average molecular weight is 318 g/mol. The first-order valence-corrected chi connectivity index (χ1v) is 7.42. The summed E-state index contributed by atoms with van der Waals surface area (Å²) >= 11 is 0. The number of rotatable bonds is 4. The molecule has 0 saturated heterocycles. The van der Waals surface area contributed by atoms with Crippen molar-refractivity contribution in [1.29, 1.82) is 0 Å². The zero-order chi connectivity index (χ0) is 16.0. The number of nitrogens with zero attached hydrogens (tertiary/aromatic N) is 4. The van der Waals surface area contributed by atoms with Crippen LogP contribution < -0.4 is 10.6 Å². The van der Waals surface area contributed by atoms with E-state index in [0.29, 0.717) is 12.5 Å². The van der Waals surface area contributed by atoms with Crippen LogP contribution in [0.1, 0.15) is 37.3 Å². The second-order valence-corrected chi connectivity index (χ2v) is 5.21. The second kappa shape index (κ2) is 7.46. The van der Waals surface area contributed by atoms with E-state index < -0.39 is 12.6 Å². The van der Waals surface area contributed by atoms with Crippen molar-refractivity contribution < 1.29 is 13.2 Å². The number of aromatic nitrogens is 3. The summed E-state index contributed by atoms with van der Waals surface area (Å²) in [5.41, 5.74) is 0. The van der Waals surface area contributed by atoms with Gasteiger partial charge in [-0.15, -0.1) is 10.2 Å². The molecule has 6 nitrogen and oxygen atoms in total. The van der Waals surface area contributed by atoms with Crippen molar-refractivity contribution in [2.75, 3.05) is 13.6 Å². The minimum absolute atomic E-state index is 0.207. The summed E-state index contributed by atoms with van der Waals surface area (Å²) < 4.78 is 38.5. The number of guanidine groups is 1. The Morgan fingerprint density at radius 3 is 2.77 bits per heavy atom. The van der Waals surface area contributed by atoms with Crippen LogP contribution in [0.5, 0.6) is 0 Å². The number of nitrogens with one attached hydrogen (secondary N) is 2. The standard InChI is InChI=1S/C13H21F3N6/c1-17-12(18-7-6-13(14,15)16)19-9-11-21-20-10-5-3-2-4-8-22(10)11/h2-9H2,1H3,(H2,17,18,19). The average Bonchev–Trinajstić information content (AvgIpc) is 2.69. The van der Waals surface area contributed by atoms with Crippen LogP contribution in [0.2, 0.25) is 0 Å². The molecule has 2 heterocycles. The van der Waals surface area contributed by atoms with E-state index in [1.54, 1.807) is 0 Å². The Hall–Kier alpha value is -1.80. The van der Waals surface area contributed by atoms with Gasteiger partial charge >= 0.3 is 6.18 Å². The van der Waals surface area contributed by atoms with E-state index >= 15 is 0 Å². The van der Waals surface area contributed by atoms with Crippen LogP contribution in [0, 0.1) is 0 Å². The Balaban J connectivity index is 1.85. The maximum atomic E-state index is 12.1. The number of aryl methyl sites for hydroxylation is 1. The maximum Gasteiger partial charge on any atom is 0.390 e. The summed E-state index contributed by atoms with van der Waals surface area (Å²) in [6, 6.07) is 0. The van der Waals surface area contributed by atoms with Gasteiger partial charge in [0.15, 0.2) is 11.8 Å². The normalized spacial score (nSPS) is 16.1. The van der Waals surface area contributed by atoms with E-state index in [1.165, 1.54) is 13.5 Å². The third-order valence-corrected chi connectivity index (χ3v) is 3.52. The molecule has 0 aromatic carbocycles. The quantitative estimate of drug-likeness (QED) is 0.654. The van der Waals surface area contributed by atoms with Crippen molar-refractivity contribution in [3.05, 3.63) is 11.6 Å². The first-order valence-electron chi connectivity index (χ1n) is 7.42. The highest BCUT2D eigenvalue weighted by Crippen LogP contribution is 2.18. The third kappa shape index (κ3) is 4.88. The molecule has 1 aliphatic rings. The van der Waals surface area contributed by atoms with E-state index in [0.717, 1.165) is 37.5 Å². The van der Waals surface area contributed by atoms with Gasteiger partial charge in [0.05, 0.1) is 13.0 Å². The third-order valence-electron chi connectivity index (χ3n) is 3.52. The Bertz CT molecular complexity index is 508. The summed E-state index contributed by atoms with van der Waals surface area (Å²) in [5, 5.41) is 14.0. The lowest BCUT2D eigenvalue weighted by Crippen LogP contribution is -2.39. The van der Waals surface area contributed by atoms with Gasteiger partial charge in [0.1, 0.15) is 5.82 Å². The Morgan fingerprint density at radius 1 is 1.23 bits per heavy atom. The molecule has 1 aromatic heterocycles. The van der Waals surface area contributed by atoms with E-state index in [9.17, 15) is 13.2 Å². The zero-order valence-electron chi connectivity index (χ0n) is 12.6. The Kier molecular flexibility index (Phi) is 5.62. The zero-order valence-corrected chi connectivity index (χ0v) is 12.6. The van der Waals surface area contributed by atoms with Gasteiger partial charge in [-0.05, 0) is 12.8 Å². The minimum atomic E-state index is -4.17. The lowest BCUT2D eigenvalue weighted by atomic mass is 10.2. The maximum absolute atomic E-state index is 12.1. The van der Waals surface area contributed by atoms with Crippen molar-refractivity contribution >= 4 is 5.96 Å². The molecule has 0 amide bonds. The molecular formula is C13H21F3N6. The van der Waals surface area contributed by atoms with Crippen LogP contribution in [0.4, 0.5) is 13.2 Å². The van der Waals surface area contributed by atoms with Crippen LogP contribution in [-0.4, -0.2) is 40.5 Å². The molecule has 22 heavy (non-hydrogen) atoms. The number of aliphatic imine (C=N–C) groups is 1. The summed E-state index contributed by atoms with van der Waals surface area (Å²) in [4.78, 5) is 3.91. The lowest BCUT2D eigenvalue weighted by Gasteiger charge is -2.13. The Morgan fingerprint density at radius 2 is 2.05 bits per heavy atom. The summed E-state index contributed by atoms with van der Waals surface area (Å²) in [6.07, 6.45) is -0.754. The summed E-state index contributed by atoms with van der Waals surface area (Å²) in [7, 11) is 1.52. The number of fused-ring (bicyclic) bond motifs is 1. The molecule has 0 fully saturated rings. The van der Waals surface area contributed by atoms with Crippen LogP contribution in [0.15, 0.2) is 4.99 Å². The van der Waals surface area contributed by atoms with E-state index in [2.05, 4.69) is 30.4 Å². The van der Waals surface area contributed by atoms with Gasteiger partial charge in [0.25, 0.3) is 0 Å². The van der Waals surface area contributed by atoms with Gasteiger partial charge in [0.2, 0.25) is 0 Å². The molecule has 0 atom stereocenters. The van der Waals surface area contributed by atoms with Gasteiger partial charge in [-0.25, -0.2) is 0 Å². The molecule has 0 bridgehead atoms. The predicted molar refractivity (Wildman–Crippen MR) is 76.5 cm³/mol. The fourth-order valence-electron chi connectivity index (χ4n) is 2.38. The SMILES string of the molecule is CN=C(NCCC(F)(F)F)NCc1nnc2n1CCCCC2. The highest BCUT2D eigenvalue weighted by molar-refractivity contribution is 5.79. The monoisotopic (exact) mass is 318 g/mol. The number of hydrogen-bond acceptors (Lipinski definition) is 3. The van der Waals surface area contributed by atoms with Crippen LogP contribution in [-0.2, 0) is 19.5 Å². The van der Waals surface area contributed by atoms with Crippen molar-refractivity contribution in [1.82, 2.24) is 25.4 Å². The van der Waals surface area contributed by atoms with Crippen LogP contribution >= 0.6 is 0 Å². The molecule has 1 aliphatic heterocycles. The number of halogens is 3. The topological polar surface area (TPSA) is 67.1 Å². The molecule has 0 aliphatic carbocycles. The number of hydrogen-bond donors (Lipinski definition) is 2. The lowest BCUT2D eigenvalue weighted by molar-refractivity contribution is -0.132. The van der Waals surface area contributed by atoms with Gasteiger partial charge in [-0.1, -0.05) is 6.42 Å². The molecule has 2 rings (SSSR count). The molecule has 0 radical (unpaired) electrons. The highest BCUT2D eigenvalue weighted by Gasteiger charge is 2.26. The first-order chi connectivity index (χ1) is 10.5. The molecule has 0 unspecified atom stereocenters. The highest BCUT2D eigenvalue weighted by atomic mass is 19.4. The minimum Gasteiger partial charge on any atom is -0.356 e. The molecule has 0 saturated carbocycles. The molecule has 1 aromatic rings. The Labute approximate surface area is 127 Å². The van der Waals surface area contributed by atoms with Crippen LogP contribution in [0.3, 0.4) is 0 Å². The molecular weight excluding hydrogens is 297 g/mol. The van der Waals surface area contributed by atoms with E-state index in [4.69, 9.17) is 0 Å². The summed E-state index contributed by atoms with van der Waals surface area (Å²) in [5.74, 6) is 2.10. The van der Waals surface area contributed by atoms with Crippen LogP contribution in [0.25, 0.3) is 0 Å². The van der Waals surface area contributed by atoms with E-state index in [1.807, 2.05) is 0 Å². The fraction of sp³-hybridized carbons (Fsp3) is 0.769. The van der Waals surface area contributed by atoms with Crippen molar-refractivity contribution in [3.63, 3.8) is 0 Å². The van der Waals surface area contributed by atoms with Gasteiger partial charge in [-0.3, -0.25) is 4.99 Å². The van der Waals surface area contributed by atoms with Gasteiger partial charge < -0.3 is 15.2 Å². The molecule has 0 spiro atoms. The van der Waals surface area contributed by atoms with Crippen molar-refractivity contribution in [2.45, 2.75) is 51.4 Å². The largest absolute Gasteiger partial charge is 0.390 e. The molecule has 2 N–H and O–H groups in total. The molecule has 9 heteroatoms. The summed E-state index contributed by atoms with van der Waals surface area (Å²) in [6.45, 7) is 1.07. The van der Waals surface area contributed by atoms with Crippen molar-refractivity contribution in [2.24, 2.45) is 4.99 Å².